The minimum absolute atomic E-state index is 0.0588. The number of anilines is 2. The average Bonchev–Trinajstić information content (AvgIpc) is 3.00. The quantitative estimate of drug-likeness (QED) is 0.639. The minimum Gasteiger partial charge on any atom is -0.461 e. The van der Waals surface area contributed by atoms with Gasteiger partial charge in [-0.25, -0.2) is 4.98 Å². The summed E-state index contributed by atoms with van der Waals surface area (Å²) in [7, 11) is 1.83. The number of para-hydroxylation sites is 2. The molecule has 1 N–H and O–H groups in total. The van der Waals surface area contributed by atoms with Crippen molar-refractivity contribution in [2.24, 2.45) is 0 Å². The van der Waals surface area contributed by atoms with Crippen molar-refractivity contribution in [3.63, 3.8) is 0 Å². The highest BCUT2D eigenvalue weighted by atomic mass is 16.5. The van der Waals surface area contributed by atoms with Crippen molar-refractivity contribution in [2.45, 2.75) is 31.8 Å². The second-order valence-electron chi connectivity index (χ2n) is 8.43. The number of nitrogens with one attached hydrogen (secondary N) is 1. The predicted octanol–water partition coefficient (Wildman–Crippen LogP) is 2.50. The Kier molecular flexibility index (Phi) is 4.73. The standard InChI is InChI=1S/C24H24N4O4/c1-15(29)32-14-16-6-5-7-17-20(16)25-23(26-21(17)30)28-12-10-24(11-13-28)18-8-3-4-9-19(18)27(2)22(24)31/h3-9H,10-14H2,1-2H3,(H,25,26,30). The summed E-state index contributed by atoms with van der Waals surface area (Å²) in [6.07, 6.45) is 1.29. The summed E-state index contributed by atoms with van der Waals surface area (Å²) < 4.78 is 5.13. The van der Waals surface area contributed by atoms with Gasteiger partial charge in [0.25, 0.3) is 5.56 Å². The van der Waals surface area contributed by atoms with Gasteiger partial charge in [0.1, 0.15) is 6.61 Å². The number of carbonyl (C=O) groups is 2. The normalized spacial score (nSPS) is 17.1. The number of carbonyl (C=O) groups excluding carboxylic acids is 2. The second kappa shape index (κ2) is 7.47. The molecule has 8 nitrogen and oxygen atoms in total. The van der Waals surface area contributed by atoms with Gasteiger partial charge < -0.3 is 14.5 Å². The highest BCUT2D eigenvalue weighted by Crippen LogP contribution is 2.47. The van der Waals surface area contributed by atoms with E-state index in [0.717, 1.165) is 11.3 Å². The van der Waals surface area contributed by atoms with Crippen molar-refractivity contribution in [2.75, 3.05) is 29.9 Å². The van der Waals surface area contributed by atoms with Crippen LogP contribution in [0.25, 0.3) is 10.9 Å². The Hall–Kier alpha value is -3.68. The van der Waals surface area contributed by atoms with Crippen molar-refractivity contribution < 1.29 is 14.3 Å². The van der Waals surface area contributed by atoms with Gasteiger partial charge in [-0.2, -0.15) is 0 Å². The van der Waals surface area contributed by atoms with E-state index in [4.69, 9.17) is 9.72 Å². The van der Waals surface area contributed by atoms with Crippen LogP contribution in [0.2, 0.25) is 0 Å². The van der Waals surface area contributed by atoms with Gasteiger partial charge >= 0.3 is 5.97 Å². The molecule has 0 aliphatic carbocycles. The molecule has 1 saturated heterocycles. The number of likely N-dealkylation sites (N-methyl/N-ethyl adjacent to an activating group) is 1. The van der Waals surface area contributed by atoms with E-state index in [1.807, 2.05) is 36.2 Å². The topological polar surface area (TPSA) is 95.6 Å². The first kappa shape index (κ1) is 20.2. The molecule has 0 atom stereocenters. The lowest BCUT2D eigenvalue weighted by molar-refractivity contribution is -0.142. The third-order valence-corrected chi connectivity index (χ3v) is 6.65. The molecule has 1 amide bonds. The van der Waals surface area contributed by atoms with Crippen LogP contribution in [0.5, 0.6) is 0 Å². The van der Waals surface area contributed by atoms with Gasteiger partial charge in [-0.15, -0.1) is 0 Å². The van der Waals surface area contributed by atoms with Crippen molar-refractivity contribution in [3.05, 3.63) is 63.9 Å². The van der Waals surface area contributed by atoms with Crippen molar-refractivity contribution in [1.29, 1.82) is 0 Å². The lowest BCUT2D eigenvalue weighted by atomic mass is 9.73. The van der Waals surface area contributed by atoms with E-state index in [-0.39, 0.29) is 24.0 Å². The molecule has 1 spiro atoms. The second-order valence-corrected chi connectivity index (χ2v) is 8.43. The number of esters is 1. The molecule has 3 aromatic rings. The van der Waals surface area contributed by atoms with E-state index in [0.29, 0.717) is 48.3 Å². The average molecular weight is 432 g/mol. The first-order valence-electron chi connectivity index (χ1n) is 10.7. The van der Waals surface area contributed by atoms with Crippen LogP contribution in [-0.2, 0) is 26.3 Å². The number of benzene rings is 2. The predicted molar refractivity (Wildman–Crippen MR) is 121 cm³/mol. The van der Waals surface area contributed by atoms with Gasteiger partial charge in [0.15, 0.2) is 0 Å². The number of ether oxygens (including phenoxy) is 1. The number of aromatic nitrogens is 2. The molecule has 0 bridgehead atoms. The van der Waals surface area contributed by atoms with Crippen LogP contribution in [0.1, 0.15) is 30.9 Å². The molecule has 32 heavy (non-hydrogen) atoms. The molecule has 0 unspecified atom stereocenters. The highest BCUT2D eigenvalue weighted by Gasteiger charge is 2.51. The monoisotopic (exact) mass is 432 g/mol. The van der Waals surface area contributed by atoms with Gasteiger partial charge in [0, 0.05) is 38.3 Å². The van der Waals surface area contributed by atoms with Crippen LogP contribution in [0.4, 0.5) is 11.6 Å². The summed E-state index contributed by atoms with van der Waals surface area (Å²) in [5, 5.41) is 0.452. The molecule has 2 aliphatic heterocycles. The summed E-state index contributed by atoms with van der Waals surface area (Å²) in [5.74, 6) is 0.210. The Balaban J connectivity index is 1.46. The number of hydrogen-bond donors (Lipinski definition) is 1. The van der Waals surface area contributed by atoms with Crippen LogP contribution >= 0.6 is 0 Å². The van der Waals surface area contributed by atoms with Gasteiger partial charge in [-0.3, -0.25) is 19.4 Å². The van der Waals surface area contributed by atoms with Crippen LogP contribution in [0, 0.1) is 0 Å². The minimum atomic E-state index is -0.528. The van der Waals surface area contributed by atoms with E-state index < -0.39 is 5.41 Å². The summed E-state index contributed by atoms with van der Waals surface area (Å²) in [6.45, 7) is 2.59. The van der Waals surface area contributed by atoms with Crippen LogP contribution in [0.3, 0.4) is 0 Å². The molecule has 2 aromatic carbocycles. The van der Waals surface area contributed by atoms with Gasteiger partial charge in [-0.1, -0.05) is 30.3 Å². The fraction of sp³-hybridized carbons (Fsp3) is 0.333. The molecule has 0 saturated carbocycles. The molecule has 1 aromatic heterocycles. The van der Waals surface area contributed by atoms with Crippen molar-refractivity contribution in [3.8, 4) is 0 Å². The van der Waals surface area contributed by atoms with Crippen LogP contribution in [-0.4, -0.2) is 42.0 Å². The van der Waals surface area contributed by atoms with Crippen molar-refractivity contribution >= 4 is 34.4 Å². The number of piperidine rings is 1. The molecule has 5 rings (SSSR count). The third kappa shape index (κ3) is 3.05. The largest absolute Gasteiger partial charge is 0.461 e. The lowest BCUT2D eigenvalue weighted by Gasteiger charge is -2.38. The molecule has 0 radical (unpaired) electrons. The highest BCUT2D eigenvalue weighted by molar-refractivity contribution is 6.08. The van der Waals surface area contributed by atoms with E-state index in [2.05, 4.69) is 4.98 Å². The van der Waals surface area contributed by atoms with Gasteiger partial charge in [-0.05, 0) is 30.5 Å². The molecule has 3 heterocycles. The van der Waals surface area contributed by atoms with Crippen LogP contribution in [0.15, 0.2) is 47.3 Å². The smallest absolute Gasteiger partial charge is 0.302 e. The number of rotatable bonds is 3. The van der Waals surface area contributed by atoms with E-state index in [9.17, 15) is 14.4 Å². The van der Waals surface area contributed by atoms with Crippen LogP contribution < -0.4 is 15.4 Å². The molecular formula is C24H24N4O4. The lowest BCUT2D eigenvalue weighted by Crippen LogP contribution is -2.48. The summed E-state index contributed by atoms with van der Waals surface area (Å²) >= 11 is 0. The number of amides is 1. The molecule has 164 valence electrons. The van der Waals surface area contributed by atoms with E-state index in [1.165, 1.54) is 6.92 Å². The molecule has 8 heteroatoms. The first-order valence-corrected chi connectivity index (χ1v) is 10.7. The SMILES string of the molecule is CC(=O)OCc1cccc2c(=O)[nH]c(N3CCC4(CC3)C(=O)N(C)c3ccccc34)nc12. The van der Waals surface area contributed by atoms with Crippen molar-refractivity contribution in [1.82, 2.24) is 9.97 Å². The number of hydrogen-bond acceptors (Lipinski definition) is 6. The number of nitrogens with zero attached hydrogens (tertiary/aromatic N) is 3. The molecule has 1 fully saturated rings. The Labute approximate surface area is 184 Å². The Bertz CT molecular complexity index is 1290. The number of fused-ring (bicyclic) bond motifs is 3. The van der Waals surface area contributed by atoms with E-state index in [1.54, 1.807) is 23.1 Å². The van der Waals surface area contributed by atoms with Gasteiger partial charge in [0.2, 0.25) is 11.9 Å². The third-order valence-electron chi connectivity index (χ3n) is 6.65. The maximum absolute atomic E-state index is 13.2. The summed E-state index contributed by atoms with van der Waals surface area (Å²) in [5.41, 5.74) is 2.49. The Morgan fingerprint density at radius 1 is 1.12 bits per heavy atom. The molecular weight excluding hydrogens is 408 g/mol. The fourth-order valence-corrected chi connectivity index (χ4v) is 4.95. The van der Waals surface area contributed by atoms with E-state index >= 15 is 0 Å². The van der Waals surface area contributed by atoms with Gasteiger partial charge in [0.05, 0.1) is 16.3 Å². The zero-order valence-electron chi connectivity index (χ0n) is 18.1. The zero-order valence-corrected chi connectivity index (χ0v) is 18.1. The summed E-state index contributed by atoms with van der Waals surface area (Å²) in [6, 6.07) is 13.2. The molecule has 2 aliphatic rings. The fourth-order valence-electron chi connectivity index (χ4n) is 4.95. The summed E-state index contributed by atoms with van der Waals surface area (Å²) in [4.78, 5) is 48.5. The number of H-pyrrole nitrogens is 1. The first-order chi connectivity index (χ1) is 15.4. The Morgan fingerprint density at radius 2 is 1.88 bits per heavy atom. The Morgan fingerprint density at radius 3 is 2.62 bits per heavy atom. The maximum Gasteiger partial charge on any atom is 0.302 e. The zero-order chi connectivity index (χ0) is 22.5. The number of aromatic amines is 1. The maximum atomic E-state index is 13.2.